The molecular formula is C54H40Cl2N14O26S8. The molecule has 0 aliphatic rings. The Bertz CT molecular complexity index is 6010. The summed E-state index contributed by atoms with van der Waals surface area (Å²) < 4.78 is 276. The number of azo groups is 2. The first-order chi connectivity index (χ1) is 48.2. The average Bonchev–Trinajstić information content (AvgIpc) is 0.776. The number of phenols is 2. The van der Waals surface area contributed by atoms with Crippen LogP contribution in [0.2, 0.25) is 10.6 Å². The van der Waals surface area contributed by atoms with Gasteiger partial charge in [-0.1, -0.05) is 36.4 Å². The van der Waals surface area contributed by atoms with Crippen LogP contribution in [0.25, 0.3) is 33.7 Å². The van der Waals surface area contributed by atoms with Crippen LogP contribution in [0.4, 0.5) is 57.4 Å². The third-order valence-electron chi connectivity index (χ3n) is 13.9. The average molecular weight is 1630 g/mol. The van der Waals surface area contributed by atoms with Crippen LogP contribution in [-0.2, 0) is 94.0 Å². The number of anilines is 6. The van der Waals surface area contributed by atoms with E-state index in [1.807, 2.05) is 0 Å². The highest BCUT2D eigenvalue weighted by molar-refractivity contribution is 7.88. The van der Waals surface area contributed by atoms with Crippen LogP contribution >= 0.6 is 23.2 Å². The van der Waals surface area contributed by atoms with Gasteiger partial charge in [0.05, 0.1) is 22.9 Å². The standard InChI is InChI=1S/C54H40Cl2N14O26S8/c55-51-61-45(23-57-29-7-5-27-15-43(103(91,92)93)47(49(71)35(27)17-29)69-67-37-21-33(97(73,74)75)11-13-39(37)99(79,80)81)63-53(65-51)59-31-9-3-25(41(19-31)101(85,86)87)1-2-26-4-10-32(20-42(26)102(88,89)90)60-54-64-46(62-52(56)66-54)24-58-30-8-6-28-16-44(104(94,95)96)48(50(72)36(28)18-30)70-68-38-22-34(98(76,77)78)12-14-40(38)100(82,83)84/h1-22,57-58,71-72H,23-24H2,(H,73,74,75)(H,76,77,78)(H,79,80,81)(H,82,83,84)(H,85,86,87)(H,88,89,90)(H,91,92,93)(H,94,95,96)(H,59,61,63,65)(H,60,62,64,66)/b2-1+,69-67?,70-68?. The van der Waals surface area contributed by atoms with Crippen molar-refractivity contribution in [1.29, 1.82) is 0 Å². The molecule has 2 heterocycles. The van der Waals surface area contributed by atoms with Crippen LogP contribution in [0.3, 0.4) is 0 Å². The van der Waals surface area contributed by atoms with Crippen molar-refractivity contribution in [3.05, 3.63) is 155 Å². The molecule has 50 heteroatoms. The molecule has 0 spiro atoms. The van der Waals surface area contributed by atoms with Crippen molar-refractivity contribution < 1.29 is 114 Å². The van der Waals surface area contributed by atoms with Crippen molar-refractivity contribution in [1.82, 2.24) is 29.9 Å². The van der Waals surface area contributed by atoms with Gasteiger partial charge < -0.3 is 31.5 Å². The van der Waals surface area contributed by atoms with Gasteiger partial charge in [0.1, 0.15) is 52.1 Å². The fourth-order valence-corrected chi connectivity index (χ4v) is 14.7. The Morgan fingerprint density at radius 1 is 0.346 bits per heavy atom. The van der Waals surface area contributed by atoms with Crippen LogP contribution in [0.1, 0.15) is 22.8 Å². The molecule has 2 aromatic heterocycles. The highest BCUT2D eigenvalue weighted by Crippen LogP contribution is 2.45. The number of nitrogens with one attached hydrogen (secondary N) is 4. The van der Waals surface area contributed by atoms with Crippen LogP contribution in [0.5, 0.6) is 11.5 Å². The van der Waals surface area contributed by atoms with E-state index in [9.17, 15) is 114 Å². The lowest BCUT2D eigenvalue weighted by Gasteiger charge is -2.13. The van der Waals surface area contributed by atoms with Gasteiger partial charge in [-0.05, 0) is 142 Å². The SMILES string of the molecule is O=S(=O)(O)c1ccc(S(=O)(=O)O)c(N=Nc2c(S(=O)(=O)O)cc3ccc(NCc4nc(Cl)nc(Nc5ccc(/C=C/c6ccc(Nc7nc(Cl)nc(CNc8ccc9cc(S(=O)(=O)O)c(N=Nc%10cc(S(=O)(=O)O)ccc%10S(=O)(=O)O)c(O)c9c8)n7)cc6S(=O)(=O)O)c(S(=O)(=O)O)c5)n4)cc3c2O)c1. The molecule has 40 nitrogen and oxygen atoms in total. The minimum Gasteiger partial charge on any atom is -0.505 e. The molecule has 10 aromatic rings. The van der Waals surface area contributed by atoms with Crippen molar-refractivity contribution in [2.75, 3.05) is 21.3 Å². The van der Waals surface area contributed by atoms with Gasteiger partial charge in [0.25, 0.3) is 80.9 Å². The van der Waals surface area contributed by atoms with Gasteiger partial charge >= 0.3 is 0 Å². The summed E-state index contributed by atoms with van der Waals surface area (Å²) in [5.74, 6) is -2.81. The Labute approximate surface area is 595 Å². The zero-order valence-corrected chi connectivity index (χ0v) is 58.7. The Morgan fingerprint density at radius 2 is 0.683 bits per heavy atom. The van der Waals surface area contributed by atoms with Crippen molar-refractivity contribution in [3.63, 3.8) is 0 Å². The molecule has 10 rings (SSSR count). The Morgan fingerprint density at radius 3 is 1.01 bits per heavy atom. The molecule has 0 aliphatic heterocycles. The molecule has 0 aliphatic carbocycles. The minimum atomic E-state index is -5.26. The van der Waals surface area contributed by atoms with Gasteiger partial charge in [-0.3, -0.25) is 36.4 Å². The molecule has 0 unspecified atom stereocenters. The summed E-state index contributed by atoms with van der Waals surface area (Å²) >= 11 is 12.4. The predicted molar refractivity (Wildman–Crippen MR) is 364 cm³/mol. The van der Waals surface area contributed by atoms with E-state index in [0.29, 0.717) is 36.4 Å². The highest BCUT2D eigenvalue weighted by Gasteiger charge is 2.28. The van der Waals surface area contributed by atoms with E-state index >= 15 is 0 Å². The van der Waals surface area contributed by atoms with Gasteiger partial charge in [0.2, 0.25) is 22.5 Å². The van der Waals surface area contributed by atoms with Gasteiger partial charge in [-0.15, -0.1) is 20.5 Å². The van der Waals surface area contributed by atoms with Crippen molar-refractivity contribution in [2.45, 2.75) is 52.3 Å². The Balaban J connectivity index is 0.845. The van der Waals surface area contributed by atoms with E-state index in [1.54, 1.807) is 0 Å². The molecule has 104 heavy (non-hydrogen) atoms. The Kier molecular flexibility index (Phi) is 21.0. The zero-order chi connectivity index (χ0) is 76.2. The molecule has 0 saturated heterocycles. The first-order valence-corrected chi connectivity index (χ1v) is 39.7. The molecule has 14 N–H and O–H groups in total. The maximum absolute atomic E-state index is 12.8. The molecule has 0 radical (unpaired) electrons. The maximum atomic E-state index is 12.8. The number of benzene rings is 8. The lowest BCUT2D eigenvalue weighted by atomic mass is 10.1. The number of hydrogen-bond acceptors (Lipinski definition) is 32. The van der Waals surface area contributed by atoms with Crippen molar-refractivity contribution >= 4 is 195 Å². The van der Waals surface area contributed by atoms with Gasteiger partial charge in [-0.2, -0.15) is 87.3 Å². The molecule has 8 aromatic carbocycles. The fourth-order valence-electron chi connectivity index (χ4n) is 9.40. The smallest absolute Gasteiger partial charge is 0.296 e. The molecule has 0 fully saturated rings. The number of rotatable bonds is 24. The van der Waals surface area contributed by atoms with Crippen LogP contribution < -0.4 is 21.3 Å². The van der Waals surface area contributed by atoms with Crippen LogP contribution in [0, 0.1) is 0 Å². The number of fused-ring (bicyclic) bond motifs is 2. The summed E-state index contributed by atoms with van der Waals surface area (Å²) in [5, 5.41) is 46.8. The molecule has 0 saturated carbocycles. The van der Waals surface area contributed by atoms with E-state index in [2.05, 4.69) is 71.6 Å². The fraction of sp³-hybridized carbons (Fsp3) is 0.0370. The minimum absolute atomic E-state index is 0.0411. The summed E-state index contributed by atoms with van der Waals surface area (Å²) in [7, 11) is -41.1. The third kappa shape index (κ3) is 18.1. The van der Waals surface area contributed by atoms with E-state index < -0.39 is 165 Å². The highest BCUT2D eigenvalue weighted by atomic mass is 35.5. The second kappa shape index (κ2) is 28.5. The summed E-state index contributed by atoms with van der Waals surface area (Å²) in [6, 6.07) is 19.3. The molecule has 0 bridgehead atoms. The second-order valence-electron chi connectivity index (χ2n) is 21.0. The molecular weight excluding hydrogens is 1590 g/mol. The quantitative estimate of drug-likeness (QED) is 0.0153. The lowest BCUT2D eigenvalue weighted by Crippen LogP contribution is -2.09. The van der Waals surface area contributed by atoms with E-state index in [-0.39, 0.29) is 92.1 Å². The summed E-state index contributed by atoms with van der Waals surface area (Å²) in [6.07, 6.45) is 2.14. The first-order valence-electron chi connectivity index (χ1n) is 27.5. The van der Waals surface area contributed by atoms with E-state index in [0.717, 1.165) is 36.4 Å². The maximum Gasteiger partial charge on any atom is 0.296 e. The predicted octanol–water partition coefficient (Wildman–Crippen LogP) is 8.77. The van der Waals surface area contributed by atoms with Gasteiger partial charge in [0.15, 0.2) is 23.1 Å². The van der Waals surface area contributed by atoms with Crippen LogP contribution in [-0.4, -0.2) is 144 Å². The van der Waals surface area contributed by atoms with Gasteiger partial charge in [0, 0.05) is 33.5 Å². The number of hydrogen-bond donors (Lipinski definition) is 14. The largest absolute Gasteiger partial charge is 0.505 e. The first kappa shape index (κ1) is 76.5. The summed E-state index contributed by atoms with van der Waals surface area (Å²) in [5.41, 5.74) is -4.32. The van der Waals surface area contributed by atoms with E-state index in [4.69, 9.17) is 23.2 Å². The number of phenolic OH excluding ortho intramolecular Hbond substituents is 2. The monoisotopic (exact) mass is 1630 g/mol. The second-order valence-corrected chi connectivity index (χ2v) is 32.8. The number of nitrogens with zero attached hydrogens (tertiary/aromatic N) is 10. The summed E-state index contributed by atoms with van der Waals surface area (Å²) in [4.78, 5) is 16.9. The topological polar surface area (TPSA) is 650 Å². The van der Waals surface area contributed by atoms with Crippen molar-refractivity contribution in [2.24, 2.45) is 20.5 Å². The van der Waals surface area contributed by atoms with Gasteiger partial charge in [-0.25, -0.2) is 9.97 Å². The molecule has 0 amide bonds. The molecule has 0 atom stereocenters. The zero-order valence-electron chi connectivity index (χ0n) is 50.6. The lowest BCUT2D eigenvalue weighted by molar-refractivity contribution is 0.471. The molecule has 544 valence electrons. The number of aromatic nitrogens is 6. The third-order valence-corrected chi connectivity index (χ3v) is 21.3. The van der Waals surface area contributed by atoms with Crippen molar-refractivity contribution in [3.8, 4) is 11.5 Å². The normalized spacial score (nSPS) is 13.0. The Hall–Kier alpha value is -10.1. The number of halogens is 2. The van der Waals surface area contributed by atoms with Crippen LogP contribution in [0.15, 0.2) is 181 Å². The number of aromatic hydroxyl groups is 2. The summed E-state index contributed by atoms with van der Waals surface area (Å²) in [6.45, 7) is -0.611. The van der Waals surface area contributed by atoms with E-state index in [1.165, 1.54) is 60.7 Å².